The summed E-state index contributed by atoms with van der Waals surface area (Å²) in [5.41, 5.74) is 2.19. The fourth-order valence-electron chi connectivity index (χ4n) is 2.39. The maximum absolute atomic E-state index is 12.1. The fraction of sp³-hybridized carbons (Fsp3) is 0.158. The summed E-state index contributed by atoms with van der Waals surface area (Å²) in [6.07, 6.45) is 3.20. The molecule has 6 heteroatoms. The second-order valence-corrected chi connectivity index (χ2v) is 5.75. The lowest BCUT2D eigenvalue weighted by molar-refractivity contribution is -0.111. The Labute approximate surface area is 144 Å². The van der Waals surface area contributed by atoms with Crippen molar-refractivity contribution < 1.29 is 13.9 Å². The maximum Gasteiger partial charge on any atom is 0.417 e. The lowest BCUT2D eigenvalue weighted by Gasteiger charge is -2.09. The monoisotopic (exact) mass is 338 g/mol. The minimum atomic E-state index is -0.561. The molecule has 1 aromatic heterocycles. The van der Waals surface area contributed by atoms with Crippen LogP contribution in [0.1, 0.15) is 19.4 Å². The van der Waals surface area contributed by atoms with Gasteiger partial charge in [0, 0.05) is 6.08 Å². The number of aromatic nitrogens is 1. The van der Waals surface area contributed by atoms with Crippen LogP contribution in [0, 0.1) is 0 Å². The standard InChI is InChI=1S/C19H18N2O4/c1-12(2)24-14-6-3-5-13(11-14)9-10-17(22)20-15-7-4-8-16-18(15)21-19(23)25-16/h3-12H,1-2H3,(H,20,22)(H,21,23)/b10-9+. The minimum Gasteiger partial charge on any atom is -0.491 e. The van der Waals surface area contributed by atoms with Gasteiger partial charge in [0.25, 0.3) is 0 Å². The molecular formula is C19H18N2O4. The minimum absolute atomic E-state index is 0.0835. The summed E-state index contributed by atoms with van der Waals surface area (Å²) in [6, 6.07) is 12.5. The van der Waals surface area contributed by atoms with E-state index in [9.17, 15) is 9.59 Å². The number of ether oxygens (including phenoxy) is 1. The van der Waals surface area contributed by atoms with Gasteiger partial charge in [-0.1, -0.05) is 18.2 Å². The normalized spacial score (nSPS) is 11.3. The molecule has 1 amide bonds. The van der Waals surface area contributed by atoms with Gasteiger partial charge >= 0.3 is 5.76 Å². The highest BCUT2D eigenvalue weighted by Gasteiger charge is 2.07. The van der Waals surface area contributed by atoms with E-state index in [4.69, 9.17) is 9.15 Å². The van der Waals surface area contributed by atoms with Crippen molar-refractivity contribution in [2.45, 2.75) is 20.0 Å². The Balaban J connectivity index is 1.73. The molecule has 0 aliphatic rings. The molecule has 0 atom stereocenters. The van der Waals surface area contributed by atoms with Crippen LogP contribution < -0.4 is 15.8 Å². The third-order valence-corrected chi connectivity index (χ3v) is 3.37. The topological polar surface area (TPSA) is 84.3 Å². The van der Waals surface area contributed by atoms with Crippen molar-refractivity contribution in [2.75, 3.05) is 5.32 Å². The van der Waals surface area contributed by atoms with Gasteiger partial charge in [0.05, 0.1) is 11.8 Å². The third kappa shape index (κ3) is 4.17. The van der Waals surface area contributed by atoms with Crippen molar-refractivity contribution in [3.8, 4) is 5.75 Å². The molecule has 2 N–H and O–H groups in total. The summed E-state index contributed by atoms with van der Waals surface area (Å²) in [5, 5.41) is 2.73. The maximum atomic E-state index is 12.1. The van der Waals surface area contributed by atoms with Crippen LogP contribution in [-0.4, -0.2) is 17.0 Å². The van der Waals surface area contributed by atoms with E-state index in [2.05, 4.69) is 10.3 Å². The molecule has 128 valence electrons. The van der Waals surface area contributed by atoms with Crippen LogP contribution in [0.25, 0.3) is 17.2 Å². The van der Waals surface area contributed by atoms with Gasteiger partial charge in [-0.25, -0.2) is 4.79 Å². The molecule has 0 fully saturated rings. The summed E-state index contributed by atoms with van der Waals surface area (Å²) in [7, 11) is 0. The molecule has 3 aromatic rings. The van der Waals surface area contributed by atoms with Crippen molar-refractivity contribution in [1.82, 2.24) is 4.98 Å². The molecule has 0 saturated carbocycles. The van der Waals surface area contributed by atoms with E-state index in [1.54, 1.807) is 24.3 Å². The molecule has 0 spiro atoms. The van der Waals surface area contributed by atoms with Gasteiger partial charge in [0.1, 0.15) is 11.3 Å². The number of carbonyl (C=O) groups excluding carboxylic acids is 1. The first-order valence-electron chi connectivity index (χ1n) is 7.89. The van der Waals surface area contributed by atoms with Gasteiger partial charge in [-0.2, -0.15) is 0 Å². The number of oxazole rings is 1. The third-order valence-electron chi connectivity index (χ3n) is 3.37. The van der Waals surface area contributed by atoms with E-state index in [-0.39, 0.29) is 12.0 Å². The van der Waals surface area contributed by atoms with Crippen LogP contribution in [0.15, 0.2) is 57.8 Å². The van der Waals surface area contributed by atoms with Crippen LogP contribution in [0.4, 0.5) is 5.69 Å². The second-order valence-electron chi connectivity index (χ2n) is 5.75. The first-order valence-corrected chi connectivity index (χ1v) is 7.89. The Morgan fingerprint density at radius 1 is 1.24 bits per heavy atom. The number of amides is 1. The first-order chi connectivity index (χ1) is 12.0. The number of benzene rings is 2. The number of fused-ring (bicyclic) bond motifs is 1. The lowest BCUT2D eigenvalue weighted by atomic mass is 10.2. The van der Waals surface area contributed by atoms with E-state index in [1.807, 2.05) is 38.1 Å². The zero-order chi connectivity index (χ0) is 17.8. The molecule has 0 radical (unpaired) electrons. The number of hydrogen-bond donors (Lipinski definition) is 2. The summed E-state index contributed by atoms with van der Waals surface area (Å²) >= 11 is 0. The number of para-hydroxylation sites is 1. The number of hydrogen-bond acceptors (Lipinski definition) is 4. The van der Waals surface area contributed by atoms with Crippen molar-refractivity contribution in [3.05, 3.63) is 64.7 Å². The average molecular weight is 338 g/mol. The van der Waals surface area contributed by atoms with Gasteiger partial charge in [-0.15, -0.1) is 0 Å². The van der Waals surface area contributed by atoms with E-state index >= 15 is 0 Å². The van der Waals surface area contributed by atoms with Gasteiger partial charge in [-0.05, 0) is 49.8 Å². The molecule has 0 saturated heterocycles. The summed E-state index contributed by atoms with van der Waals surface area (Å²) in [4.78, 5) is 26.0. The van der Waals surface area contributed by atoms with Gasteiger partial charge in [0.15, 0.2) is 5.58 Å². The van der Waals surface area contributed by atoms with Crippen LogP contribution in [-0.2, 0) is 4.79 Å². The number of carbonyl (C=O) groups is 1. The predicted molar refractivity (Wildman–Crippen MR) is 96.7 cm³/mol. The van der Waals surface area contributed by atoms with E-state index in [1.165, 1.54) is 6.08 Å². The molecule has 0 bridgehead atoms. The van der Waals surface area contributed by atoms with Crippen molar-refractivity contribution in [1.29, 1.82) is 0 Å². The van der Waals surface area contributed by atoms with Crippen LogP contribution >= 0.6 is 0 Å². The Morgan fingerprint density at radius 2 is 2.04 bits per heavy atom. The van der Waals surface area contributed by atoms with Crippen molar-refractivity contribution in [2.24, 2.45) is 0 Å². The summed E-state index contributed by atoms with van der Waals surface area (Å²) < 4.78 is 10.6. The zero-order valence-electron chi connectivity index (χ0n) is 13.9. The molecular weight excluding hydrogens is 320 g/mol. The molecule has 0 aliphatic heterocycles. The average Bonchev–Trinajstić information content (AvgIpc) is 2.94. The Bertz CT molecular complexity index is 982. The van der Waals surface area contributed by atoms with Crippen LogP contribution in [0.2, 0.25) is 0 Å². The van der Waals surface area contributed by atoms with E-state index in [0.29, 0.717) is 16.8 Å². The molecule has 0 aliphatic carbocycles. The van der Waals surface area contributed by atoms with Gasteiger partial charge in [-0.3, -0.25) is 9.78 Å². The van der Waals surface area contributed by atoms with E-state index < -0.39 is 5.76 Å². The van der Waals surface area contributed by atoms with Crippen LogP contribution in [0.5, 0.6) is 5.75 Å². The van der Waals surface area contributed by atoms with Gasteiger partial charge in [0.2, 0.25) is 5.91 Å². The quantitative estimate of drug-likeness (QED) is 0.697. The highest BCUT2D eigenvalue weighted by Crippen LogP contribution is 2.20. The fourth-order valence-corrected chi connectivity index (χ4v) is 2.39. The smallest absolute Gasteiger partial charge is 0.417 e. The number of rotatable bonds is 5. The van der Waals surface area contributed by atoms with Gasteiger partial charge < -0.3 is 14.5 Å². The summed E-state index contributed by atoms with van der Waals surface area (Å²) in [5.74, 6) is -0.128. The first kappa shape index (κ1) is 16.6. The molecule has 0 unspecified atom stereocenters. The molecule has 1 heterocycles. The van der Waals surface area contributed by atoms with Crippen molar-refractivity contribution >= 4 is 28.8 Å². The lowest BCUT2D eigenvalue weighted by Crippen LogP contribution is -2.08. The molecule has 25 heavy (non-hydrogen) atoms. The molecule has 2 aromatic carbocycles. The summed E-state index contributed by atoms with van der Waals surface area (Å²) in [6.45, 7) is 3.91. The Hall–Kier alpha value is -3.28. The van der Waals surface area contributed by atoms with E-state index in [0.717, 1.165) is 11.3 Å². The number of anilines is 1. The number of H-pyrrole nitrogens is 1. The highest BCUT2D eigenvalue weighted by atomic mass is 16.5. The molecule has 6 nitrogen and oxygen atoms in total. The number of nitrogens with one attached hydrogen (secondary N) is 2. The largest absolute Gasteiger partial charge is 0.491 e. The van der Waals surface area contributed by atoms with Crippen molar-refractivity contribution in [3.63, 3.8) is 0 Å². The Kier molecular flexibility index (Phi) is 4.70. The Morgan fingerprint density at radius 3 is 2.84 bits per heavy atom. The highest BCUT2D eigenvalue weighted by molar-refractivity contribution is 6.05. The molecule has 3 rings (SSSR count). The van der Waals surface area contributed by atoms with Crippen LogP contribution in [0.3, 0.4) is 0 Å². The number of aromatic amines is 1. The second kappa shape index (κ2) is 7.09. The SMILES string of the molecule is CC(C)Oc1cccc(/C=C/C(=O)Nc2cccc3oc(=O)[nH]c23)c1. The zero-order valence-corrected chi connectivity index (χ0v) is 13.9. The predicted octanol–water partition coefficient (Wildman–Crippen LogP) is 3.56.